The average Bonchev–Trinajstić information content (AvgIpc) is 2.95. The van der Waals surface area contributed by atoms with Crippen molar-refractivity contribution < 1.29 is 12.8 Å². The lowest BCUT2D eigenvalue weighted by atomic mass is 10.3. The fraction of sp³-hybridized carbons (Fsp3) is 0.333. The van der Waals surface area contributed by atoms with Gasteiger partial charge in [0.15, 0.2) is 0 Å². The summed E-state index contributed by atoms with van der Waals surface area (Å²) in [4.78, 5) is 0. The summed E-state index contributed by atoms with van der Waals surface area (Å²) in [7, 11) is -3.30. The van der Waals surface area contributed by atoms with Crippen LogP contribution in [0.3, 0.4) is 0 Å². The molecule has 1 aliphatic carbocycles. The zero-order valence-electron chi connectivity index (χ0n) is 7.70. The number of sulfonamides is 1. The Morgan fingerprint density at radius 1 is 1.40 bits per heavy atom. The Labute approximate surface area is 101 Å². The molecule has 1 N–H and O–H groups in total. The molecule has 0 heterocycles. The summed E-state index contributed by atoms with van der Waals surface area (Å²) >= 11 is 1.79. The maximum atomic E-state index is 13.1. The molecule has 0 saturated heterocycles. The molecule has 6 heteroatoms. The zero-order chi connectivity index (χ0) is 11.1. The van der Waals surface area contributed by atoms with Gasteiger partial charge in [0.25, 0.3) is 0 Å². The number of nitrogens with one attached hydrogen (secondary N) is 1. The normalized spacial score (nSPS) is 16.4. The lowest BCUT2D eigenvalue weighted by Gasteiger charge is -2.08. The molecule has 1 saturated carbocycles. The minimum Gasteiger partial charge on any atom is -0.282 e. The van der Waals surface area contributed by atoms with Crippen LogP contribution in [-0.2, 0) is 10.0 Å². The predicted molar refractivity (Wildman–Crippen MR) is 64.7 cm³/mol. The van der Waals surface area contributed by atoms with Crippen LogP contribution in [0.15, 0.2) is 18.2 Å². The molecule has 2 rings (SSSR count). The molecular formula is C9H9FINO2S. The first-order valence-electron chi connectivity index (χ1n) is 4.46. The monoisotopic (exact) mass is 341 g/mol. The molecular weight excluding hydrogens is 332 g/mol. The molecule has 3 nitrogen and oxygen atoms in total. The molecule has 0 atom stereocenters. The maximum absolute atomic E-state index is 13.1. The van der Waals surface area contributed by atoms with Gasteiger partial charge < -0.3 is 0 Å². The van der Waals surface area contributed by atoms with Crippen molar-refractivity contribution in [1.82, 2.24) is 0 Å². The smallest absolute Gasteiger partial charge is 0.235 e. The van der Waals surface area contributed by atoms with Crippen molar-refractivity contribution >= 4 is 38.3 Å². The maximum Gasteiger partial charge on any atom is 0.235 e. The molecule has 0 bridgehead atoms. The molecule has 0 spiro atoms. The van der Waals surface area contributed by atoms with Gasteiger partial charge in [-0.1, -0.05) is 6.07 Å². The first-order valence-corrected chi connectivity index (χ1v) is 7.09. The second kappa shape index (κ2) is 3.89. The van der Waals surface area contributed by atoms with Gasteiger partial charge in [0, 0.05) is 0 Å². The zero-order valence-corrected chi connectivity index (χ0v) is 10.7. The Morgan fingerprint density at radius 3 is 2.67 bits per heavy atom. The first-order chi connectivity index (χ1) is 7.00. The highest BCUT2D eigenvalue weighted by atomic mass is 127. The van der Waals surface area contributed by atoms with Gasteiger partial charge in [0.1, 0.15) is 5.82 Å². The second-order valence-corrected chi connectivity index (χ2v) is 6.49. The van der Waals surface area contributed by atoms with Crippen LogP contribution in [0.4, 0.5) is 10.1 Å². The lowest BCUT2D eigenvalue weighted by molar-refractivity contribution is 0.599. The summed E-state index contributed by atoms with van der Waals surface area (Å²) in [6.45, 7) is 0. The van der Waals surface area contributed by atoms with Gasteiger partial charge in [-0.05, 0) is 47.6 Å². The number of benzene rings is 1. The minimum atomic E-state index is -3.30. The molecule has 82 valence electrons. The summed E-state index contributed by atoms with van der Waals surface area (Å²) in [5.41, 5.74) is 0.322. The van der Waals surface area contributed by atoms with Gasteiger partial charge in [0.2, 0.25) is 10.0 Å². The molecule has 0 aliphatic heterocycles. The van der Waals surface area contributed by atoms with Crippen LogP contribution in [0, 0.1) is 9.39 Å². The fourth-order valence-corrected chi connectivity index (χ4v) is 3.27. The minimum absolute atomic E-state index is 0.295. The number of anilines is 1. The number of hydrogen-bond donors (Lipinski definition) is 1. The Kier molecular flexibility index (Phi) is 2.89. The Morgan fingerprint density at radius 2 is 2.07 bits per heavy atom. The van der Waals surface area contributed by atoms with Crippen molar-refractivity contribution in [1.29, 1.82) is 0 Å². The predicted octanol–water partition coefficient (Wildman–Crippen LogP) is 2.33. The third kappa shape index (κ3) is 2.41. The summed E-state index contributed by atoms with van der Waals surface area (Å²) in [5, 5.41) is -0.295. The van der Waals surface area contributed by atoms with Crippen LogP contribution in [0.5, 0.6) is 0 Å². The molecule has 1 fully saturated rings. The summed E-state index contributed by atoms with van der Waals surface area (Å²) in [6, 6.07) is 4.35. The summed E-state index contributed by atoms with van der Waals surface area (Å²) < 4.78 is 39.0. The van der Waals surface area contributed by atoms with Gasteiger partial charge in [-0.2, -0.15) is 0 Å². The van der Waals surface area contributed by atoms with E-state index in [1.165, 1.54) is 12.1 Å². The highest BCUT2D eigenvalue weighted by molar-refractivity contribution is 14.1. The van der Waals surface area contributed by atoms with Crippen molar-refractivity contribution in [2.24, 2.45) is 0 Å². The van der Waals surface area contributed by atoms with E-state index in [9.17, 15) is 12.8 Å². The molecule has 0 radical (unpaired) electrons. The Balaban J connectivity index is 2.28. The van der Waals surface area contributed by atoms with Crippen LogP contribution < -0.4 is 4.72 Å². The topological polar surface area (TPSA) is 46.2 Å². The SMILES string of the molecule is O=S(=O)(Nc1cccc(F)c1I)C1CC1. The quantitative estimate of drug-likeness (QED) is 0.858. The fourth-order valence-electron chi connectivity index (χ4n) is 1.20. The van der Waals surface area contributed by atoms with Crippen molar-refractivity contribution in [2.45, 2.75) is 18.1 Å². The summed E-state index contributed by atoms with van der Waals surface area (Å²) in [5.74, 6) is -0.411. The van der Waals surface area contributed by atoms with Crippen LogP contribution in [-0.4, -0.2) is 13.7 Å². The third-order valence-corrected chi connectivity index (χ3v) is 5.12. The lowest BCUT2D eigenvalue weighted by Crippen LogP contribution is -2.18. The van der Waals surface area contributed by atoms with E-state index in [0.717, 1.165) is 0 Å². The number of hydrogen-bond acceptors (Lipinski definition) is 2. The molecule has 1 aromatic carbocycles. The second-order valence-electron chi connectivity index (χ2n) is 3.45. The van der Waals surface area contributed by atoms with Crippen molar-refractivity contribution in [3.8, 4) is 0 Å². The number of rotatable bonds is 3. The van der Waals surface area contributed by atoms with E-state index in [0.29, 0.717) is 22.1 Å². The molecule has 1 aliphatic rings. The van der Waals surface area contributed by atoms with Gasteiger partial charge in [-0.25, -0.2) is 12.8 Å². The standard InChI is InChI=1S/C9H9FINO2S/c10-7-2-1-3-8(9(7)11)12-15(13,14)6-4-5-6/h1-3,6,12H,4-5H2. The Bertz CT molecular complexity index is 485. The van der Waals surface area contributed by atoms with E-state index in [4.69, 9.17) is 0 Å². The summed E-state index contributed by atoms with van der Waals surface area (Å²) in [6.07, 6.45) is 1.39. The average molecular weight is 341 g/mol. The van der Waals surface area contributed by atoms with Crippen molar-refractivity contribution in [3.63, 3.8) is 0 Å². The van der Waals surface area contributed by atoms with E-state index in [2.05, 4.69) is 4.72 Å². The van der Waals surface area contributed by atoms with Crippen molar-refractivity contribution in [3.05, 3.63) is 27.6 Å². The van der Waals surface area contributed by atoms with Gasteiger partial charge >= 0.3 is 0 Å². The molecule has 0 aromatic heterocycles. The third-order valence-electron chi connectivity index (χ3n) is 2.17. The van der Waals surface area contributed by atoms with Crippen LogP contribution >= 0.6 is 22.6 Å². The largest absolute Gasteiger partial charge is 0.282 e. The van der Waals surface area contributed by atoms with E-state index in [-0.39, 0.29) is 5.25 Å². The molecule has 0 amide bonds. The van der Waals surface area contributed by atoms with E-state index in [1.54, 1.807) is 28.7 Å². The van der Waals surface area contributed by atoms with E-state index < -0.39 is 15.8 Å². The van der Waals surface area contributed by atoms with Crippen LogP contribution in [0.2, 0.25) is 0 Å². The highest BCUT2D eigenvalue weighted by Gasteiger charge is 2.36. The van der Waals surface area contributed by atoms with Gasteiger partial charge in [-0.15, -0.1) is 0 Å². The molecule has 0 unspecified atom stereocenters. The number of halogens is 2. The van der Waals surface area contributed by atoms with E-state index >= 15 is 0 Å². The van der Waals surface area contributed by atoms with Gasteiger partial charge in [-0.3, -0.25) is 4.72 Å². The van der Waals surface area contributed by atoms with Gasteiger partial charge in [0.05, 0.1) is 14.5 Å². The Hall–Kier alpha value is -0.370. The highest BCUT2D eigenvalue weighted by Crippen LogP contribution is 2.31. The van der Waals surface area contributed by atoms with Crippen LogP contribution in [0.25, 0.3) is 0 Å². The molecule has 1 aromatic rings. The van der Waals surface area contributed by atoms with Crippen molar-refractivity contribution in [2.75, 3.05) is 4.72 Å². The first kappa shape index (κ1) is 11.1. The molecule has 15 heavy (non-hydrogen) atoms. The van der Waals surface area contributed by atoms with E-state index in [1.807, 2.05) is 0 Å². The van der Waals surface area contributed by atoms with Crippen LogP contribution in [0.1, 0.15) is 12.8 Å².